The zero-order valence-corrected chi connectivity index (χ0v) is 11.1. The Kier molecular flexibility index (Phi) is 4.18. The third kappa shape index (κ3) is 3.54. The minimum Gasteiger partial charge on any atom is -0.310 e. The first-order valence-electron chi connectivity index (χ1n) is 6.62. The lowest BCUT2D eigenvalue weighted by Crippen LogP contribution is -2.40. The van der Waals surface area contributed by atoms with Crippen molar-refractivity contribution >= 4 is 0 Å². The second kappa shape index (κ2) is 5.65. The van der Waals surface area contributed by atoms with Gasteiger partial charge in [0.1, 0.15) is 0 Å². The van der Waals surface area contributed by atoms with E-state index in [-0.39, 0.29) is 0 Å². The van der Waals surface area contributed by atoms with Crippen molar-refractivity contribution in [3.63, 3.8) is 0 Å². The van der Waals surface area contributed by atoms with Gasteiger partial charge in [-0.25, -0.2) is 0 Å². The second-order valence-electron chi connectivity index (χ2n) is 5.38. The molecule has 2 unspecified atom stereocenters. The van der Waals surface area contributed by atoms with Crippen molar-refractivity contribution < 1.29 is 0 Å². The number of nitrogens with one attached hydrogen (secondary N) is 1. The van der Waals surface area contributed by atoms with Crippen molar-refractivity contribution in [2.45, 2.75) is 51.9 Å². The van der Waals surface area contributed by atoms with E-state index in [2.05, 4.69) is 36.1 Å². The van der Waals surface area contributed by atoms with Gasteiger partial charge in [-0.15, -0.1) is 0 Å². The molecule has 1 aliphatic heterocycles. The average Bonchev–Trinajstić information content (AvgIpc) is 2.87. The van der Waals surface area contributed by atoms with Crippen molar-refractivity contribution in [3.8, 4) is 0 Å². The molecule has 0 radical (unpaired) electrons. The Balaban J connectivity index is 1.79. The highest BCUT2D eigenvalue weighted by molar-refractivity contribution is 4.86. The maximum absolute atomic E-state index is 4.27. The molecule has 0 aromatic carbocycles. The first-order valence-corrected chi connectivity index (χ1v) is 6.62. The lowest BCUT2D eigenvalue weighted by atomic mass is 10.2. The van der Waals surface area contributed by atoms with Crippen LogP contribution in [0.25, 0.3) is 0 Å². The van der Waals surface area contributed by atoms with Crippen LogP contribution < -0.4 is 5.32 Å². The van der Waals surface area contributed by atoms with Crippen molar-refractivity contribution in [1.82, 2.24) is 20.0 Å². The molecule has 4 nitrogen and oxygen atoms in total. The largest absolute Gasteiger partial charge is 0.310 e. The van der Waals surface area contributed by atoms with Gasteiger partial charge in [0.15, 0.2) is 0 Å². The zero-order chi connectivity index (χ0) is 12.3. The van der Waals surface area contributed by atoms with Crippen LogP contribution in [-0.2, 0) is 6.54 Å². The fourth-order valence-corrected chi connectivity index (χ4v) is 2.59. The summed E-state index contributed by atoms with van der Waals surface area (Å²) in [5.41, 5.74) is 0. The lowest BCUT2D eigenvalue weighted by molar-refractivity contribution is 0.223. The van der Waals surface area contributed by atoms with Crippen molar-refractivity contribution in [2.24, 2.45) is 0 Å². The number of nitrogens with zero attached hydrogens (tertiary/aromatic N) is 3. The molecule has 1 fully saturated rings. The van der Waals surface area contributed by atoms with Crippen molar-refractivity contribution in [1.29, 1.82) is 0 Å². The average molecular weight is 236 g/mol. The van der Waals surface area contributed by atoms with Crippen LogP contribution in [0.4, 0.5) is 0 Å². The number of likely N-dealkylation sites (tertiary alicyclic amines) is 1. The van der Waals surface area contributed by atoms with Crippen LogP contribution in [0.1, 0.15) is 27.2 Å². The van der Waals surface area contributed by atoms with E-state index in [9.17, 15) is 0 Å². The number of rotatable bonds is 5. The summed E-state index contributed by atoms with van der Waals surface area (Å²) in [4.78, 5) is 2.56. The smallest absolute Gasteiger partial charge is 0.0562 e. The molecule has 0 aliphatic carbocycles. The van der Waals surface area contributed by atoms with Gasteiger partial charge >= 0.3 is 0 Å². The van der Waals surface area contributed by atoms with Crippen LogP contribution in [-0.4, -0.2) is 45.9 Å². The minimum atomic E-state index is 0.564. The molecule has 0 spiro atoms. The van der Waals surface area contributed by atoms with E-state index < -0.39 is 0 Å². The molecule has 2 heterocycles. The number of aromatic nitrogens is 2. The molecule has 1 aromatic rings. The van der Waals surface area contributed by atoms with E-state index in [4.69, 9.17) is 0 Å². The van der Waals surface area contributed by atoms with E-state index >= 15 is 0 Å². The van der Waals surface area contributed by atoms with Crippen LogP contribution in [0.15, 0.2) is 18.5 Å². The number of hydrogen-bond donors (Lipinski definition) is 1. The Hall–Kier alpha value is -0.870. The van der Waals surface area contributed by atoms with Crippen LogP contribution in [0, 0.1) is 0 Å². The maximum atomic E-state index is 4.27. The first-order chi connectivity index (χ1) is 8.15. The Morgan fingerprint density at radius 3 is 2.88 bits per heavy atom. The van der Waals surface area contributed by atoms with Crippen LogP contribution >= 0.6 is 0 Å². The summed E-state index contributed by atoms with van der Waals surface area (Å²) in [5, 5.41) is 7.89. The summed E-state index contributed by atoms with van der Waals surface area (Å²) >= 11 is 0. The van der Waals surface area contributed by atoms with E-state index in [1.807, 2.05) is 23.1 Å². The molecular formula is C13H24N4. The van der Waals surface area contributed by atoms with Gasteiger partial charge in [-0.05, 0) is 19.4 Å². The van der Waals surface area contributed by atoms with Crippen LogP contribution in [0.3, 0.4) is 0 Å². The summed E-state index contributed by atoms with van der Waals surface area (Å²) in [6.07, 6.45) is 5.15. The van der Waals surface area contributed by atoms with Gasteiger partial charge in [0, 0.05) is 43.6 Å². The molecular weight excluding hydrogens is 212 g/mol. The third-order valence-corrected chi connectivity index (χ3v) is 3.42. The molecule has 96 valence electrons. The molecule has 1 N–H and O–H groups in total. The van der Waals surface area contributed by atoms with Crippen LogP contribution in [0.5, 0.6) is 0 Å². The van der Waals surface area contributed by atoms with Gasteiger partial charge in [-0.1, -0.05) is 13.8 Å². The predicted octanol–water partition coefficient (Wildman–Crippen LogP) is 1.34. The van der Waals surface area contributed by atoms with Crippen molar-refractivity contribution in [3.05, 3.63) is 18.5 Å². The summed E-state index contributed by atoms with van der Waals surface area (Å²) in [6, 6.07) is 3.80. The standard InChI is InChI=1S/C13H24N4/c1-11(2)15-13-5-8-16(10-13)12(3)9-17-7-4-6-14-17/h4,6-7,11-13,15H,5,8-10H2,1-3H3. The molecule has 0 amide bonds. The number of hydrogen-bond acceptors (Lipinski definition) is 3. The van der Waals surface area contributed by atoms with Gasteiger partial charge in [-0.2, -0.15) is 5.10 Å². The summed E-state index contributed by atoms with van der Waals surface area (Å²) in [6.45, 7) is 10.1. The Bertz CT molecular complexity index is 320. The summed E-state index contributed by atoms with van der Waals surface area (Å²) < 4.78 is 2.02. The Morgan fingerprint density at radius 2 is 2.24 bits per heavy atom. The lowest BCUT2D eigenvalue weighted by Gasteiger charge is -2.24. The summed E-state index contributed by atoms with van der Waals surface area (Å²) in [5.74, 6) is 0. The summed E-state index contributed by atoms with van der Waals surface area (Å²) in [7, 11) is 0. The SMILES string of the molecule is CC(C)NC1CCN(C(C)Cn2cccn2)C1. The fraction of sp³-hybridized carbons (Fsp3) is 0.769. The predicted molar refractivity (Wildman–Crippen MR) is 69.9 cm³/mol. The Morgan fingerprint density at radius 1 is 1.41 bits per heavy atom. The first kappa shape index (κ1) is 12.6. The molecule has 1 aliphatic rings. The minimum absolute atomic E-state index is 0.564. The maximum Gasteiger partial charge on any atom is 0.0562 e. The highest BCUT2D eigenvalue weighted by Gasteiger charge is 2.26. The molecule has 0 bridgehead atoms. The van der Waals surface area contributed by atoms with Crippen LogP contribution in [0.2, 0.25) is 0 Å². The molecule has 1 aromatic heterocycles. The highest BCUT2D eigenvalue weighted by Crippen LogP contribution is 2.14. The second-order valence-corrected chi connectivity index (χ2v) is 5.38. The topological polar surface area (TPSA) is 33.1 Å². The van der Waals surface area contributed by atoms with Gasteiger partial charge < -0.3 is 5.32 Å². The van der Waals surface area contributed by atoms with E-state index in [0.717, 1.165) is 6.54 Å². The zero-order valence-electron chi connectivity index (χ0n) is 11.1. The van der Waals surface area contributed by atoms with E-state index in [1.54, 1.807) is 0 Å². The Labute approximate surface area is 104 Å². The molecule has 17 heavy (non-hydrogen) atoms. The van der Waals surface area contributed by atoms with Gasteiger partial charge in [0.2, 0.25) is 0 Å². The molecule has 4 heteroatoms. The van der Waals surface area contributed by atoms with Gasteiger partial charge in [0.05, 0.1) is 6.54 Å². The monoisotopic (exact) mass is 236 g/mol. The van der Waals surface area contributed by atoms with Gasteiger partial charge in [-0.3, -0.25) is 9.58 Å². The van der Waals surface area contributed by atoms with Gasteiger partial charge in [0.25, 0.3) is 0 Å². The van der Waals surface area contributed by atoms with Crippen molar-refractivity contribution in [2.75, 3.05) is 13.1 Å². The quantitative estimate of drug-likeness (QED) is 0.837. The normalized spacial score (nSPS) is 23.4. The molecule has 2 atom stereocenters. The molecule has 1 saturated heterocycles. The fourth-order valence-electron chi connectivity index (χ4n) is 2.59. The highest BCUT2D eigenvalue weighted by atomic mass is 15.3. The van der Waals surface area contributed by atoms with E-state index in [1.165, 1.54) is 19.5 Å². The third-order valence-electron chi connectivity index (χ3n) is 3.42. The van der Waals surface area contributed by atoms with E-state index in [0.29, 0.717) is 18.1 Å². The molecule has 0 saturated carbocycles. The molecule has 2 rings (SSSR count).